The number of hydrogen-bond donors (Lipinski definition) is 1. The van der Waals surface area contributed by atoms with Gasteiger partial charge in [0.05, 0.1) is 5.92 Å². The van der Waals surface area contributed by atoms with Gasteiger partial charge >= 0.3 is 6.18 Å². The highest BCUT2D eigenvalue weighted by atomic mass is 19.4. The summed E-state index contributed by atoms with van der Waals surface area (Å²) in [5.41, 5.74) is 5.43. The van der Waals surface area contributed by atoms with Crippen molar-refractivity contribution in [2.45, 2.75) is 44.3 Å². The first-order valence-corrected chi connectivity index (χ1v) is 6.33. The molecule has 2 rings (SSSR count). The van der Waals surface area contributed by atoms with Crippen LogP contribution in [0.2, 0.25) is 0 Å². The highest BCUT2D eigenvalue weighted by Crippen LogP contribution is 2.41. The molecule has 1 saturated heterocycles. The van der Waals surface area contributed by atoms with Gasteiger partial charge in [0.1, 0.15) is 0 Å². The molecule has 6 heteroatoms. The van der Waals surface area contributed by atoms with Gasteiger partial charge in [0.25, 0.3) is 0 Å². The lowest BCUT2D eigenvalue weighted by Gasteiger charge is -2.47. The van der Waals surface area contributed by atoms with Crippen LogP contribution in [0.3, 0.4) is 0 Å². The van der Waals surface area contributed by atoms with E-state index in [2.05, 4.69) is 0 Å². The Morgan fingerprint density at radius 3 is 2.44 bits per heavy atom. The topological polar surface area (TPSA) is 46.3 Å². The smallest absolute Gasteiger partial charge is 0.339 e. The van der Waals surface area contributed by atoms with Crippen LogP contribution in [-0.2, 0) is 4.79 Å². The number of halogens is 3. The molecule has 0 bridgehead atoms. The van der Waals surface area contributed by atoms with Crippen molar-refractivity contribution in [3.05, 3.63) is 0 Å². The van der Waals surface area contributed by atoms with E-state index in [1.54, 1.807) is 4.90 Å². The molecule has 2 N–H and O–H groups in total. The zero-order chi connectivity index (χ0) is 13.6. The molecule has 1 heterocycles. The molecule has 0 spiro atoms. The number of nitrogens with zero attached hydrogens (tertiary/aromatic N) is 1. The molecular weight excluding hydrogens is 245 g/mol. The summed E-state index contributed by atoms with van der Waals surface area (Å²) in [5.74, 6) is -1.93. The molecule has 0 aromatic heterocycles. The molecule has 0 aromatic rings. The van der Waals surface area contributed by atoms with Crippen LogP contribution < -0.4 is 5.73 Å². The summed E-state index contributed by atoms with van der Waals surface area (Å²) in [7, 11) is 0. The molecule has 2 atom stereocenters. The maximum atomic E-state index is 12.7. The van der Waals surface area contributed by atoms with Crippen LogP contribution in [0.15, 0.2) is 0 Å². The largest absolute Gasteiger partial charge is 0.391 e. The van der Waals surface area contributed by atoms with Crippen LogP contribution in [0.1, 0.15) is 32.6 Å². The Bertz CT molecular complexity index is 333. The minimum atomic E-state index is -4.17. The van der Waals surface area contributed by atoms with E-state index in [1.165, 1.54) is 0 Å². The molecule has 1 amide bonds. The third-order valence-corrected chi connectivity index (χ3v) is 3.90. The van der Waals surface area contributed by atoms with E-state index >= 15 is 0 Å². The average molecular weight is 264 g/mol. The van der Waals surface area contributed by atoms with E-state index < -0.39 is 18.0 Å². The molecule has 1 aliphatic carbocycles. The number of nitrogens with two attached hydrogens (primary N) is 1. The molecule has 18 heavy (non-hydrogen) atoms. The van der Waals surface area contributed by atoms with Gasteiger partial charge in [0.15, 0.2) is 0 Å². The van der Waals surface area contributed by atoms with Crippen molar-refractivity contribution < 1.29 is 18.0 Å². The van der Waals surface area contributed by atoms with Crippen LogP contribution in [0, 0.1) is 11.8 Å². The van der Waals surface area contributed by atoms with E-state index in [1.807, 2.05) is 6.92 Å². The Labute approximate surface area is 104 Å². The second kappa shape index (κ2) is 4.40. The zero-order valence-corrected chi connectivity index (χ0v) is 10.5. The molecule has 104 valence electrons. The van der Waals surface area contributed by atoms with E-state index in [-0.39, 0.29) is 24.3 Å². The van der Waals surface area contributed by atoms with Gasteiger partial charge in [-0.15, -0.1) is 0 Å². The van der Waals surface area contributed by atoms with Crippen LogP contribution >= 0.6 is 0 Å². The van der Waals surface area contributed by atoms with Crippen molar-refractivity contribution in [3.63, 3.8) is 0 Å². The number of hydrogen-bond acceptors (Lipinski definition) is 2. The molecule has 3 nitrogen and oxygen atoms in total. The Kier molecular flexibility index (Phi) is 3.34. The second-order valence-corrected chi connectivity index (χ2v) is 5.95. The summed E-state index contributed by atoms with van der Waals surface area (Å²) in [5, 5.41) is 0. The van der Waals surface area contributed by atoms with Gasteiger partial charge < -0.3 is 10.6 Å². The van der Waals surface area contributed by atoms with Crippen molar-refractivity contribution in [3.8, 4) is 0 Å². The van der Waals surface area contributed by atoms with Crippen molar-refractivity contribution in [2.75, 3.05) is 13.1 Å². The van der Waals surface area contributed by atoms with E-state index in [4.69, 9.17) is 5.73 Å². The van der Waals surface area contributed by atoms with Gasteiger partial charge in [0.2, 0.25) is 5.91 Å². The van der Waals surface area contributed by atoms with Crippen molar-refractivity contribution in [2.24, 2.45) is 17.6 Å². The fourth-order valence-electron chi connectivity index (χ4n) is 2.95. The first-order chi connectivity index (χ1) is 8.19. The van der Waals surface area contributed by atoms with Gasteiger partial charge in [-0.1, -0.05) is 6.42 Å². The lowest BCUT2D eigenvalue weighted by Crippen LogP contribution is -2.67. The Morgan fingerprint density at radius 2 is 1.94 bits per heavy atom. The number of likely N-dealkylation sites (tertiary alicyclic amines) is 1. The fourth-order valence-corrected chi connectivity index (χ4v) is 2.95. The van der Waals surface area contributed by atoms with Crippen LogP contribution in [0.5, 0.6) is 0 Å². The lowest BCUT2D eigenvalue weighted by atomic mass is 9.79. The van der Waals surface area contributed by atoms with Crippen molar-refractivity contribution in [1.29, 1.82) is 0 Å². The summed E-state index contributed by atoms with van der Waals surface area (Å²) < 4.78 is 38.0. The number of alkyl halides is 3. The second-order valence-electron chi connectivity index (χ2n) is 5.95. The van der Waals surface area contributed by atoms with E-state index in [0.717, 1.165) is 0 Å². The third kappa shape index (κ3) is 2.79. The standard InChI is InChI=1S/C12H19F3N2O/c1-11(16)6-17(7-11)10(18)8-3-2-4-9(5-8)12(13,14)15/h8-9H,2-7,16H2,1H3. The normalized spacial score (nSPS) is 31.9. The molecule has 0 radical (unpaired) electrons. The molecule has 2 aliphatic rings. The Hall–Kier alpha value is -0.780. The number of amides is 1. The average Bonchev–Trinajstić information content (AvgIpc) is 2.24. The molecule has 2 fully saturated rings. The quantitative estimate of drug-likeness (QED) is 0.786. The molecule has 2 unspecified atom stereocenters. The highest BCUT2D eigenvalue weighted by molar-refractivity contribution is 5.80. The Balaban J connectivity index is 1.91. The molecular formula is C12H19F3N2O. The highest BCUT2D eigenvalue weighted by Gasteiger charge is 2.46. The van der Waals surface area contributed by atoms with Gasteiger partial charge in [0, 0.05) is 24.5 Å². The summed E-state index contributed by atoms with van der Waals surface area (Å²) in [4.78, 5) is 13.6. The van der Waals surface area contributed by atoms with Crippen molar-refractivity contribution in [1.82, 2.24) is 4.90 Å². The SMILES string of the molecule is CC1(N)CN(C(=O)C2CCCC(C(F)(F)F)C2)C1. The van der Waals surface area contributed by atoms with Gasteiger partial charge in [-0.3, -0.25) is 4.79 Å². The number of carbonyl (C=O) groups is 1. The van der Waals surface area contributed by atoms with Gasteiger partial charge in [-0.05, 0) is 26.2 Å². The number of carbonyl (C=O) groups excluding carboxylic acids is 1. The first kappa shape index (κ1) is 13.6. The summed E-state index contributed by atoms with van der Waals surface area (Å²) in [6.45, 7) is 2.76. The van der Waals surface area contributed by atoms with Crippen molar-refractivity contribution >= 4 is 5.91 Å². The maximum Gasteiger partial charge on any atom is 0.391 e. The predicted molar refractivity (Wildman–Crippen MR) is 60.7 cm³/mol. The zero-order valence-electron chi connectivity index (χ0n) is 10.5. The maximum absolute atomic E-state index is 12.7. The number of rotatable bonds is 1. The van der Waals surface area contributed by atoms with Crippen LogP contribution in [0.25, 0.3) is 0 Å². The van der Waals surface area contributed by atoms with Gasteiger partial charge in [-0.25, -0.2) is 0 Å². The first-order valence-electron chi connectivity index (χ1n) is 6.33. The van der Waals surface area contributed by atoms with Crippen LogP contribution in [0.4, 0.5) is 13.2 Å². The van der Waals surface area contributed by atoms with E-state index in [9.17, 15) is 18.0 Å². The fraction of sp³-hybridized carbons (Fsp3) is 0.917. The van der Waals surface area contributed by atoms with Gasteiger partial charge in [-0.2, -0.15) is 13.2 Å². The molecule has 0 aromatic carbocycles. The minimum absolute atomic E-state index is 0.0554. The predicted octanol–water partition coefficient (Wildman–Crippen LogP) is 1.91. The van der Waals surface area contributed by atoms with Crippen LogP contribution in [-0.4, -0.2) is 35.6 Å². The summed E-state index contributed by atoms with van der Waals surface area (Å²) in [6, 6.07) is 0. The summed E-state index contributed by atoms with van der Waals surface area (Å²) in [6.07, 6.45) is -3.02. The molecule has 1 aliphatic heterocycles. The monoisotopic (exact) mass is 264 g/mol. The Morgan fingerprint density at radius 1 is 1.33 bits per heavy atom. The molecule has 1 saturated carbocycles. The third-order valence-electron chi connectivity index (χ3n) is 3.90. The summed E-state index contributed by atoms with van der Waals surface area (Å²) >= 11 is 0. The van der Waals surface area contributed by atoms with E-state index in [0.29, 0.717) is 25.9 Å². The lowest BCUT2D eigenvalue weighted by molar-refractivity contribution is -0.188. The minimum Gasteiger partial charge on any atom is -0.339 e.